The number of pyridine rings is 1. The summed E-state index contributed by atoms with van der Waals surface area (Å²) in [6.45, 7) is 1.96. The fraction of sp³-hybridized carbons (Fsp3) is 0.312. The molecule has 216 valence electrons. The van der Waals surface area contributed by atoms with E-state index in [1.54, 1.807) is 17.1 Å². The topological polar surface area (TPSA) is 97.6 Å². The van der Waals surface area contributed by atoms with Crippen molar-refractivity contribution in [2.75, 3.05) is 0 Å². The highest BCUT2D eigenvalue weighted by molar-refractivity contribution is 6.30. The van der Waals surface area contributed by atoms with Crippen molar-refractivity contribution >= 4 is 28.5 Å². The monoisotopic (exact) mass is 586 g/mol. The predicted octanol–water partition coefficient (Wildman–Crippen LogP) is 6.64. The molecule has 42 heavy (non-hydrogen) atoms. The number of carbonyl (C=O) groups excluding carboxylic acids is 1. The largest absolute Gasteiger partial charge is 0.349 e. The number of aromatic nitrogens is 5. The van der Waals surface area contributed by atoms with Crippen molar-refractivity contribution in [2.24, 2.45) is 5.92 Å². The Morgan fingerprint density at radius 2 is 1.88 bits per heavy atom. The van der Waals surface area contributed by atoms with Crippen LogP contribution in [0.2, 0.25) is 5.02 Å². The average Bonchev–Trinajstić information content (AvgIpc) is 3.55. The number of benzene rings is 2. The number of aromatic amines is 1. The number of halogens is 2. The number of nitrogens with zero attached hydrogens (tertiary/aromatic N) is 4. The lowest BCUT2D eigenvalue weighted by Crippen LogP contribution is -2.35. The van der Waals surface area contributed by atoms with Crippen LogP contribution in [-0.2, 0) is 6.54 Å². The lowest BCUT2D eigenvalue weighted by atomic mass is 10.00. The fourth-order valence-electron chi connectivity index (χ4n) is 6.01. The Morgan fingerprint density at radius 3 is 2.62 bits per heavy atom. The Hall–Kier alpha value is -4.24. The molecule has 1 unspecified atom stereocenters. The van der Waals surface area contributed by atoms with Gasteiger partial charge in [-0.15, -0.1) is 0 Å². The van der Waals surface area contributed by atoms with Gasteiger partial charge in [-0.05, 0) is 74.4 Å². The SMILES string of the molecule is CC(F)c1ncc(Cl)cc1C(=O)N[C@H]1CCC[C@H](Cn2c(=O)n(-c3ccc(-c4cnc[nH]4)cc3)c3ccccc32)CC1. The van der Waals surface area contributed by atoms with Gasteiger partial charge in [0.05, 0.1) is 51.2 Å². The quantitative estimate of drug-likeness (QED) is 0.209. The van der Waals surface area contributed by atoms with Gasteiger partial charge in [0.2, 0.25) is 0 Å². The molecule has 3 aromatic heterocycles. The first-order valence-corrected chi connectivity index (χ1v) is 14.7. The normalized spacial score (nSPS) is 18.1. The third-order valence-electron chi connectivity index (χ3n) is 8.14. The molecule has 2 N–H and O–H groups in total. The Morgan fingerprint density at radius 1 is 1.10 bits per heavy atom. The Labute approximate surface area is 247 Å². The maximum atomic E-state index is 14.1. The highest BCUT2D eigenvalue weighted by Crippen LogP contribution is 2.28. The molecule has 8 nitrogen and oxygen atoms in total. The van der Waals surface area contributed by atoms with Crippen molar-refractivity contribution in [2.45, 2.75) is 57.8 Å². The second-order valence-electron chi connectivity index (χ2n) is 11.0. The zero-order chi connectivity index (χ0) is 29.2. The molecule has 10 heteroatoms. The molecular formula is C32H32ClFN6O2. The van der Waals surface area contributed by atoms with E-state index < -0.39 is 6.17 Å². The van der Waals surface area contributed by atoms with E-state index in [4.69, 9.17) is 11.6 Å². The van der Waals surface area contributed by atoms with E-state index in [0.717, 1.165) is 60.1 Å². The van der Waals surface area contributed by atoms with Crippen LogP contribution in [0.1, 0.15) is 61.3 Å². The third-order valence-corrected chi connectivity index (χ3v) is 8.35. The molecular weight excluding hydrogens is 555 g/mol. The number of nitrogens with one attached hydrogen (secondary N) is 2. The van der Waals surface area contributed by atoms with Gasteiger partial charge in [0.1, 0.15) is 6.17 Å². The van der Waals surface area contributed by atoms with Crippen LogP contribution in [0, 0.1) is 5.92 Å². The Kier molecular flexibility index (Phi) is 7.93. The van der Waals surface area contributed by atoms with Gasteiger partial charge in [-0.3, -0.25) is 18.9 Å². The van der Waals surface area contributed by atoms with E-state index in [1.807, 2.05) is 53.1 Å². The fourth-order valence-corrected chi connectivity index (χ4v) is 6.17. The summed E-state index contributed by atoms with van der Waals surface area (Å²) in [5.41, 5.74) is 4.68. The van der Waals surface area contributed by atoms with Crippen LogP contribution in [0.25, 0.3) is 28.0 Å². The Bertz CT molecular complexity index is 1760. The standard InChI is InChI=1S/C32H32ClFN6O2/c1-20(34)30-26(15-23(33)16-36-30)31(41)38-24-6-4-5-21(9-12-24)18-39-28-7-2-3-8-29(28)40(32(39)42)25-13-10-22(11-14-25)27-17-35-19-37-27/h2-3,7-8,10-11,13-17,19-21,24H,4-6,9,12,18H2,1H3,(H,35,37)(H,38,41)/t20?,21-,24-/m0/s1. The zero-order valence-electron chi connectivity index (χ0n) is 23.3. The number of rotatable bonds is 7. The summed E-state index contributed by atoms with van der Waals surface area (Å²) in [6.07, 6.45) is 7.70. The molecule has 0 spiro atoms. The summed E-state index contributed by atoms with van der Waals surface area (Å²) < 4.78 is 17.8. The second kappa shape index (κ2) is 11.9. The van der Waals surface area contributed by atoms with Gasteiger partial charge < -0.3 is 10.3 Å². The predicted molar refractivity (Wildman–Crippen MR) is 162 cm³/mol. The first-order valence-electron chi connectivity index (χ1n) is 14.3. The summed E-state index contributed by atoms with van der Waals surface area (Å²) in [5, 5.41) is 3.38. The van der Waals surface area contributed by atoms with Crippen molar-refractivity contribution in [1.29, 1.82) is 0 Å². The van der Waals surface area contributed by atoms with E-state index in [2.05, 4.69) is 20.3 Å². The number of hydrogen-bond acceptors (Lipinski definition) is 4. The number of para-hydroxylation sites is 2. The first kappa shape index (κ1) is 27.9. The number of imidazole rings is 2. The third kappa shape index (κ3) is 5.61. The van der Waals surface area contributed by atoms with Crippen LogP contribution in [0.4, 0.5) is 4.39 Å². The molecule has 1 aliphatic rings. The average molecular weight is 587 g/mol. The minimum atomic E-state index is -1.38. The Balaban J connectivity index is 1.19. The number of carbonyl (C=O) groups is 1. The number of H-pyrrole nitrogens is 1. The minimum Gasteiger partial charge on any atom is -0.349 e. The molecule has 3 heterocycles. The van der Waals surface area contributed by atoms with Crippen molar-refractivity contribution < 1.29 is 9.18 Å². The smallest absolute Gasteiger partial charge is 0.333 e. The number of amides is 1. The summed E-state index contributed by atoms with van der Waals surface area (Å²) in [5.74, 6) is -0.0772. The van der Waals surface area contributed by atoms with Gasteiger partial charge in [-0.1, -0.05) is 42.3 Å². The van der Waals surface area contributed by atoms with E-state index in [9.17, 15) is 14.0 Å². The summed E-state index contributed by atoms with van der Waals surface area (Å²) in [6, 6.07) is 17.2. The van der Waals surface area contributed by atoms with Crippen LogP contribution in [-0.4, -0.2) is 36.0 Å². The van der Waals surface area contributed by atoms with E-state index in [0.29, 0.717) is 11.6 Å². The molecule has 0 radical (unpaired) electrons. The van der Waals surface area contributed by atoms with Gasteiger partial charge in [0.15, 0.2) is 0 Å². The van der Waals surface area contributed by atoms with E-state index >= 15 is 0 Å². The van der Waals surface area contributed by atoms with Crippen molar-refractivity contribution in [1.82, 2.24) is 29.4 Å². The molecule has 1 amide bonds. The molecule has 2 aromatic carbocycles. The van der Waals surface area contributed by atoms with E-state index in [-0.39, 0.29) is 34.8 Å². The number of fused-ring (bicyclic) bond motifs is 1. The molecule has 1 aliphatic carbocycles. The molecule has 3 atom stereocenters. The minimum absolute atomic E-state index is 0.0456. The van der Waals surface area contributed by atoms with Gasteiger partial charge >= 0.3 is 5.69 Å². The maximum absolute atomic E-state index is 14.1. The molecule has 1 saturated carbocycles. The van der Waals surface area contributed by atoms with Crippen LogP contribution in [0.3, 0.4) is 0 Å². The van der Waals surface area contributed by atoms with Crippen LogP contribution >= 0.6 is 11.6 Å². The molecule has 0 aliphatic heterocycles. The highest BCUT2D eigenvalue weighted by Gasteiger charge is 2.25. The van der Waals surface area contributed by atoms with Crippen LogP contribution < -0.4 is 11.0 Å². The molecule has 1 fully saturated rings. The van der Waals surface area contributed by atoms with Crippen molar-refractivity contribution in [3.8, 4) is 16.9 Å². The second-order valence-corrected chi connectivity index (χ2v) is 11.4. The lowest BCUT2D eigenvalue weighted by Gasteiger charge is -2.18. The number of hydrogen-bond donors (Lipinski definition) is 2. The van der Waals surface area contributed by atoms with Crippen LogP contribution in [0.5, 0.6) is 0 Å². The van der Waals surface area contributed by atoms with Gasteiger partial charge in [0, 0.05) is 18.8 Å². The number of alkyl halides is 1. The highest BCUT2D eigenvalue weighted by atomic mass is 35.5. The summed E-state index contributed by atoms with van der Waals surface area (Å²) in [7, 11) is 0. The zero-order valence-corrected chi connectivity index (χ0v) is 24.0. The maximum Gasteiger partial charge on any atom is 0.333 e. The molecule has 0 saturated heterocycles. The molecule has 5 aromatic rings. The first-order chi connectivity index (χ1) is 20.4. The van der Waals surface area contributed by atoms with Crippen molar-refractivity contribution in [3.05, 3.63) is 100 Å². The van der Waals surface area contributed by atoms with Gasteiger partial charge in [-0.25, -0.2) is 14.2 Å². The van der Waals surface area contributed by atoms with Crippen LogP contribution in [0.15, 0.2) is 78.1 Å². The van der Waals surface area contributed by atoms with E-state index in [1.165, 1.54) is 19.2 Å². The lowest BCUT2D eigenvalue weighted by molar-refractivity contribution is 0.0929. The molecule has 6 rings (SSSR count). The summed E-state index contributed by atoms with van der Waals surface area (Å²) in [4.78, 5) is 38.1. The van der Waals surface area contributed by atoms with Gasteiger partial charge in [0.25, 0.3) is 5.91 Å². The summed E-state index contributed by atoms with van der Waals surface area (Å²) >= 11 is 6.06. The van der Waals surface area contributed by atoms with Gasteiger partial charge in [-0.2, -0.15) is 0 Å². The molecule has 0 bridgehead atoms. The van der Waals surface area contributed by atoms with Crippen molar-refractivity contribution in [3.63, 3.8) is 0 Å².